The second-order valence-electron chi connectivity index (χ2n) is 4.81. The van der Waals surface area contributed by atoms with E-state index in [0.29, 0.717) is 13.0 Å². The number of rotatable bonds is 5. The van der Waals surface area contributed by atoms with E-state index >= 15 is 0 Å². The number of ether oxygens (including phenoxy) is 1. The van der Waals surface area contributed by atoms with Gasteiger partial charge in [-0.15, -0.1) is 0 Å². The van der Waals surface area contributed by atoms with Crippen LogP contribution in [0.5, 0.6) is 5.75 Å². The normalized spacial score (nSPS) is 11.9. The van der Waals surface area contributed by atoms with Crippen molar-refractivity contribution in [2.24, 2.45) is 5.73 Å². The molecule has 0 aliphatic carbocycles. The molecule has 2 aromatic carbocycles. The Kier molecular flexibility index (Phi) is 4.95. The number of aromatic hydroxyl groups is 1. The maximum absolute atomic E-state index is 11.6. The zero-order valence-corrected chi connectivity index (χ0v) is 12.0. The van der Waals surface area contributed by atoms with Gasteiger partial charge in [0.25, 0.3) is 0 Å². The quantitative estimate of drug-likeness (QED) is 0.828. The fraction of sp³-hybridized carbons (Fsp3) is 0.235. The number of benzene rings is 2. The standard InChI is InChI=1S/C17H19NO3/c1-2-21-17(20)16(18)10-12-5-3-6-13(9-12)14-7-4-8-15(19)11-14/h3-9,11,16,19H,2,10,18H2,1H3. The fourth-order valence-electron chi connectivity index (χ4n) is 2.15. The van der Waals surface area contributed by atoms with Crippen LogP contribution in [0.25, 0.3) is 11.1 Å². The van der Waals surface area contributed by atoms with Crippen LogP contribution in [-0.2, 0) is 16.0 Å². The highest BCUT2D eigenvalue weighted by molar-refractivity contribution is 5.76. The van der Waals surface area contributed by atoms with Crippen LogP contribution in [0.15, 0.2) is 48.5 Å². The van der Waals surface area contributed by atoms with Gasteiger partial charge in [0.1, 0.15) is 11.8 Å². The molecule has 0 heterocycles. The summed E-state index contributed by atoms with van der Waals surface area (Å²) in [5.41, 5.74) is 8.68. The molecule has 0 aromatic heterocycles. The molecule has 0 saturated carbocycles. The minimum absolute atomic E-state index is 0.223. The van der Waals surface area contributed by atoms with Crippen LogP contribution in [0, 0.1) is 0 Å². The van der Waals surface area contributed by atoms with Crippen molar-refractivity contribution in [1.82, 2.24) is 0 Å². The molecule has 21 heavy (non-hydrogen) atoms. The second kappa shape index (κ2) is 6.90. The predicted octanol–water partition coefficient (Wildman–Crippen LogP) is 2.49. The summed E-state index contributed by atoms with van der Waals surface area (Å²) >= 11 is 0. The van der Waals surface area contributed by atoms with Crippen LogP contribution in [0.4, 0.5) is 0 Å². The van der Waals surface area contributed by atoms with Crippen LogP contribution >= 0.6 is 0 Å². The second-order valence-corrected chi connectivity index (χ2v) is 4.81. The molecule has 3 N–H and O–H groups in total. The van der Waals surface area contributed by atoms with Crippen LogP contribution in [-0.4, -0.2) is 23.7 Å². The third kappa shape index (κ3) is 4.07. The molecule has 0 amide bonds. The lowest BCUT2D eigenvalue weighted by molar-refractivity contribution is -0.144. The highest BCUT2D eigenvalue weighted by Crippen LogP contribution is 2.24. The first-order valence-electron chi connectivity index (χ1n) is 6.90. The monoisotopic (exact) mass is 285 g/mol. The van der Waals surface area contributed by atoms with Crippen LogP contribution in [0.3, 0.4) is 0 Å². The highest BCUT2D eigenvalue weighted by atomic mass is 16.5. The summed E-state index contributed by atoms with van der Waals surface area (Å²) < 4.78 is 4.91. The Bertz CT molecular complexity index is 625. The molecule has 1 unspecified atom stereocenters. The fourth-order valence-corrected chi connectivity index (χ4v) is 2.15. The number of nitrogens with two attached hydrogens (primary N) is 1. The zero-order chi connectivity index (χ0) is 15.2. The van der Waals surface area contributed by atoms with Crippen LogP contribution in [0.2, 0.25) is 0 Å². The van der Waals surface area contributed by atoms with Gasteiger partial charge in [0.2, 0.25) is 0 Å². The van der Waals surface area contributed by atoms with Gasteiger partial charge in [-0.1, -0.05) is 36.4 Å². The average Bonchev–Trinajstić information content (AvgIpc) is 2.48. The molecular weight excluding hydrogens is 266 g/mol. The Balaban J connectivity index is 2.16. The molecule has 4 nitrogen and oxygen atoms in total. The summed E-state index contributed by atoms with van der Waals surface area (Å²) in [6.07, 6.45) is 0.422. The Morgan fingerprint density at radius 3 is 2.52 bits per heavy atom. The van der Waals surface area contributed by atoms with Crippen LogP contribution < -0.4 is 5.73 Å². The lowest BCUT2D eigenvalue weighted by atomic mass is 9.99. The summed E-state index contributed by atoms with van der Waals surface area (Å²) in [7, 11) is 0. The summed E-state index contributed by atoms with van der Waals surface area (Å²) in [5, 5.41) is 9.54. The van der Waals surface area contributed by atoms with Crippen molar-refractivity contribution in [3.63, 3.8) is 0 Å². The first-order chi connectivity index (χ1) is 10.1. The Labute approximate surface area is 124 Å². The van der Waals surface area contributed by atoms with Crippen molar-refractivity contribution in [1.29, 1.82) is 0 Å². The average molecular weight is 285 g/mol. The van der Waals surface area contributed by atoms with Gasteiger partial charge in [-0.2, -0.15) is 0 Å². The predicted molar refractivity (Wildman–Crippen MR) is 81.9 cm³/mol. The Morgan fingerprint density at radius 1 is 1.19 bits per heavy atom. The number of phenolic OH excluding ortho intramolecular Hbond substituents is 1. The molecule has 1 atom stereocenters. The summed E-state index contributed by atoms with van der Waals surface area (Å²) in [6.45, 7) is 2.09. The lowest BCUT2D eigenvalue weighted by Gasteiger charge is -2.11. The molecule has 4 heteroatoms. The molecule has 0 aliphatic heterocycles. The van der Waals surface area contributed by atoms with Gasteiger partial charge >= 0.3 is 5.97 Å². The van der Waals surface area contributed by atoms with E-state index < -0.39 is 6.04 Å². The van der Waals surface area contributed by atoms with Crippen LogP contribution in [0.1, 0.15) is 12.5 Å². The van der Waals surface area contributed by atoms with E-state index in [0.717, 1.165) is 16.7 Å². The molecular formula is C17H19NO3. The molecule has 0 spiro atoms. The number of hydrogen-bond donors (Lipinski definition) is 2. The van der Waals surface area contributed by atoms with Gasteiger partial charge in [0, 0.05) is 0 Å². The largest absolute Gasteiger partial charge is 0.508 e. The van der Waals surface area contributed by atoms with Crippen molar-refractivity contribution in [3.05, 3.63) is 54.1 Å². The van der Waals surface area contributed by atoms with E-state index in [1.807, 2.05) is 30.3 Å². The third-order valence-corrected chi connectivity index (χ3v) is 3.15. The smallest absolute Gasteiger partial charge is 0.323 e. The van der Waals surface area contributed by atoms with Crippen molar-refractivity contribution >= 4 is 5.97 Å². The van der Waals surface area contributed by atoms with E-state index in [1.54, 1.807) is 25.1 Å². The minimum Gasteiger partial charge on any atom is -0.508 e. The first kappa shape index (κ1) is 15.1. The van der Waals surface area contributed by atoms with Gasteiger partial charge < -0.3 is 15.6 Å². The maximum atomic E-state index is 11.6. The van der Waals surface area contributed by atoms with Gasteiger partial charge in [0.05, 0.1) is 6.61 Å². The topological polar surface area (TPSA) is 72.5 Å². The van der Waals surface area contributed by atoms with E-state index in [2.05, 4.69) is 0 Å². The van der Waals surface area contributed by atoms with E-state index in [9.17, 15) is 9.90 Å². The molecule has 2 aromatic rings. The van der Waals surface area contributed by atoms with Crippen molar-refractivity contribution < 1.29 is 14.6 Å². The molecule has 0 radical (unpaired) electrons. The molecule has 0 aliphatic rings. The van der Waals surface area contributed by atoms with E-state index in [4.69, 9.17) is 10.5 Å². The van der Waals surface area contributed by atoms with E-state index in [-0.39, 0.29) is 11.7 Å². The summed E-state index contributed by atoms with van der Waals surface area (Å²) in [6, 6.07) is 14.1. The number of carbonyl (C=O) groups excluding carboxylic acids is 1. The zero-order valence-electron chi connectivity index (χ0n) is 12.0. The van der Waals surface area contributed by atoms with Crippen molar-refractivity contribution in [2.75, 3.05) is 6.61 Å². The van der Waals surface area contributed by atoms with E-state index in [1.165, 1.54) is 0 Å². The Morgan fingerprint density at radius 2 is 1.86 bits per heavy atom. The molecule has 110 valence electrons. The Hall–Kier alpha value is -2.33. The lowest BCUT2D eigenvalue weighted by Crippen LogP contribution is -2.34. The van der Waals surface area contributed by atoms with Gasteiger partial charge in [0.15, 0.2) is 0 Å². The molecule has 2 rings (SSSR count). The van der Waals surface area contributed by atoms with Gasteiger partial charge in [-0.3, -0.25) is 4.79 Å². The maximum Gasteiger partial charge on any atom is 0.323 e. The number of hydrogen-bond acceptors (Lipinski definition) is 4. The highest BCUT2D eigenvalue weighted by Gasteiger charge is 2.15. The molecule has 0 saturated heterocycles. The van der Waals surface area contributed by atoms with Gasteiger partial charge in [-0.05, 0) is 42.2 Å². The first-order valence-corrected chi connectivity index (χ1v) is 6.90. The van der Waals surface area contributed by atoms with Gasteiger partial charge in [-0.25, -0.2) is 0 Å². The minimum atomic E-state index is -0.663. The molecule has 0 bridgehead atoms. The molecule has 0 fully saturated rings. The third-order valence-electron chi connectivity index (χ3n) is 3.15. The summed E-state index contributed by atoms with van der Waals surface area (Å²) in [4.78, 5) is 11.6. The number of carbonyl (C=O) groups is 1. The summed E-state index contributed by atoms with van der Waals surface area (Å²) in [5.74, 6) is -0.165. The SMILES string of the molecule is CCOC(=O)C(N)Cc1cccc(-c2cccc(O)c2)c1. The number of phenols is 1. The number of esters is 1. The van der Waals surface area contributed by atoms with Crippen molar-refractivity contribution in [3.8, 4) is 16.9 Å². The van der Waals surface area contributed by atoms with Crippen molar-refractivity contribution in [2.45, 2.75) is 19.4 Å².